The van der Waals surface area contributed by atoms with Gasteiger partial charge >= 0.3 is 6.18 Å². The van der Waals surface area contributed by atoms with Crippen molar-refractivity contribution in [2.45, 2.75) is 31.1 Å². The maximum absolute atomic E-state index is 12.9. The summed E-state index contributed by atoms with van der Waals surface area (Å²) in [4.78, 5) is 25.2. The van der Waals surface area contributed by atoms with Gasteiger partial charge in [-0.05, 0) is 43.7 Å². The number of amides is 2. The van der Waals surface area contributed by atoms with Crippen LogP contribution in [0.2, 0.25) is 0 Å². The molecular formula is C21H25F3N4O2. The average Bonchev–Trinajstić information content (AvgIpc) is 2.72. The van der Waals surface area contributed by atoms with E-state index in [-0.39, 0.29) is 18.7 Å². The van der Waals surface area contributed by atoms with Crippen molar-refractivity contribution in [1.29, 1.82) is 0 Å². The molecule has 0 saturated carbocycles. The molecule has 2 rings (SSSR count). The third-order valence-electron chi connectivity index (χ3n) is 4.56. The molecule has 5 N–H and O–H groups in total. The highest BCUT2D eigenvalue weighted by Crippen LogP contribution is 2.30. The van der Waals surface area contributed by atoms with Crippen molar-refractivity contribution in [3.63, 3.8) is 0 Å². The summed E-state index contributed by atoms with van der Waals surface area (Å²) in [7, 11) is 1.57. The number of alkyl halides is 3. The van der Waals surface area contributed by atoms with Crippen molar-refractivity contribution in [2.24, 2.45) is 5.73 Å². The van der Waals surface area contributed by atoms with Crippen LogP contribution in [0.25, 0.3) is 0 Å². The molecule has 0 radical (unpaired) electrons. The topological polar surface area (TPSA) is 96.2 Å². The molecule has 6 nitrogen and oxygen atoms in total. The van der Waals surface area contributed by atoms with Crippen LogP contribution in [0.15, 0.2) is 54.6 Å². The second kappa shape index (κ2) is 10.7. The number of nitrogens with two attached hydrogens (primary N) is 1. The zero-order valence-electron chi connectivity index (χ0n) is 16.5. The molecule has 2 amide bonds. The van der Waals surface area contributed by atoms with Crippen LogP contribution < -0.4 is 21.7 Å². The van der Waals surface area contributed by atoms with Crippen LogP contribution in [0.3, 0.4) is 0 Å². The van der Waals surface area contributed by atoms with E-state index in [1.807, 2.05) is 30.3 Å². The first-order chi connectivity index (χ1) is 14.2. The molecule has 0 aliphatic carbocycles. The summed E-state index contributed by atoms with van der Waals surface area (Å²) < 4.78 is 38.8. The van der Waals surface area contributed by atoms with Gasteiger partial charge in [-0.2, -0.15) is 13.2 Å². The number of halogens is 3. The highest BCUT2D eigenvalue weighted by atomic mass is 19.4. The molecule has 9 heteroatoms. The van der Waals surface area contributed by atoms with Gasteiger partial charge in [-0.15, -0.1) is 0 Å². The molecule has 0 bridgehead atoms. The number of aryl methyl sites for hydroxylation is 1. The van der Waals surface area contributed by atoms with Crippen molar-refractivity contribution in [3.05, 3.63) is 65.7 Å². The molecule has 30 heavy (non-hydrogen) atoms. The smallest absolute Gasteiger partial charge is 0.343 e. The second-order valence-electron chi connectivity index (χ2n) is 6.73. The summed E-state index contributed by atoms with van der Waals surface area (Å²) in [6.45, 7) is 0.0307. The number of carbonyl (C=O) groups is 2. The Hall–Kier alpha value is -2.91. The fourth-order valence-corrected chi connectivity index (χ4v) is 2.86. The molecule has 0 aromatic heterocycles. The third-order valence-corrected chi connectivity index (χ3v) is 4.56. The van der Waals surface area contributed by atoms with Crippen LogP contribution in [0.4, 0.5) is 18.9 Å². The number of likely N-dealkylation sites (N-methyl/N-ethyl adjacent to an activating group) is 1. The number of carbonyl (C=O) groups excluding carboxylic acids is 2. The lowest BCUT2D eigenvalue weighted by molar-refractivity contribution is -0.137. The Kier molecular flexibility index (Phi) is 8.37. The molecule has 2 atom stereocenters. The highest BCUT2D eigenvalue weighted by molar-refractivity contribution is 5.98. The molecule has 0 fully saturated rings. The van der Waals surface area contributed by atoms with Gasteiger partial charge in [0.2, 0.25) is 11.8 Å². The Morgan fingerprint density at radius 1 is 1.00 bits per heavy atom. The number of hydrogen-bond donors (Lipinski definition) is 4. The van der Waals surface area contributed by atoms with Gasteiger partial charge in [0.25, 0.3) is 0 Å². The highest BCUT2D eigenvalue weighted by Gasteiger charge is 2.31. The predicted octanol–water partition coefficient (Wildman–Crippen LogP) is 2.31. The van der Waals surface area contributed by atoms with E-state index in [1.54, 1.807) is 7.05 Å². The summed E-state index contributed by atoms with van der Waals surface area (Å²) in [5.41, 5.74) is 5.64. The van der Waals surface area contributed by atoms with Crippen molar-refractivity contribution in [1.82, 2.24) is 10.6 Å². The molecule has 2 aromatic rings. The SMILES string of the molecule is CN[C@@H](CN)C(=O)N[C@@H](CCc1ccccc1)C(=O)Nc1cccc(C(F)(F)F)c1. The van der Waals surface area contributed by atoms with Crippen LogP contribution in [0.5, 0.6) is 0 Å². The molecule has 0 aliphatic rings. The molecule has 0 aliphatic heterocycles. The van der Waals surface area contributed by atoms with Crippen molar-refractivity contribution in [3.8, 4) is 0 Å². The Bertz CT molecular complexity index is 840. The molecule has 2 aromatic carbocycles. The summed E-state index contributed by atoms with van der Waals surface area (Å²) in [5, 5.41) is 7.85. The van der Waals surface area contributed by atoms with Gasteiger partial charge in [0.15, 0.2) is 0 Å². The van der Waals surface area contributed by atoms with E-state index in [0.717, 1.165) is 17.7 Å². The predicted molar refractivity (Wildman–Crippen MR) is 109 cm³/mol. The van der Waals surface area contributed by atoms with Gasteiger partial charge in [0.1, 0.15) is 6.04 Å². The van der Waals surface area contributed by atoms with Gasteiger partial charge in [-0.3, -0.25) is 9.59 Å². The Morgan fingerprint density at radius 3 is 2.30 bits per heavy atom. The minimum atomic E-state index is -4.52. The van der Waals surface area contributed by atoms with Crippen LogP contribution >= 0.6 is 0 Å². The fourth-order valence-electron chi connectivity index (χ4n) is 2.86. The largest absolute Gasteiger partial charge is 0.416 e. The minimum absolute atomic E-state index is 0.00206. The standard InChI is InChI=1S/C21H25F3N4O2/c1-26-18(13-25)20(30)28-17(11-10-14-6-3-2-4-7-14)19(29)27-16-9-5-8-15(12-16)21(22,23)24/h2-9,12,17-18,26H,10-11,13,25H2,1H3,(H,27,29)(H,28,30)/t17-,18-/m0/s1. The first-order valence-corrected chi connectivity index (χ1v) is 9.44. The summed E-state index contributed by atoms with van der Waals surface area (Å²) in [6.07, 6.45) is -3.76. The van der Waals surface area contributed by atoms with Gasteiger partial charge in [-0.1, -0.05) is 36.4 Å². The molecule has 0 heterocycles. The summed E-state index contributed by atoms with van der Waals surface area (Å²) in [5.74, 6) is -1.07. The number of nitrogens with one attached hydrogen (secondary N) is 3. The number of hydrogen-bond acceptors (Lipinski definition) is 4. The minimum Gasteiger partial charge on any atom is -0.343 e. The molecular weight excluding hydrogens is 397 g/mol. The van der Waals surface area contributed by atoms with Crippen LogP contribution in [-0.4, -0.2) is 37.5 Å². The lowest BCUT2D eigenvalue weighted by atomic mass is 10.0. The quantitative estimate of drug-likeness (QED) is 0.499. The summed E-state index contributed by atoms with van der Waals surface area (Å²) >= 11 is 0. The van der Waals surface area contributed by atoms with Crippen LogP contribution in [-0.2, 0) is 22.2 Å². The van der Waals surface area contributed by atoms with E-state index in [0.29, 0.717) is 6.42 Å². The second-order valence-corrected chi connectivity index (χ2v) is 6.73. The maximum atomic E-state index is 12.9. The van der Waals surface area contributed by atoms with Crippen molar-refractivity contribution >= 4 is 17.5 Å². The first kappa shape index (κ1) is 23.4. The zero-order chi connectivity index (χ0) is 22.1. The van der Waals surface area contributed by atoms with Gasteiger partial charge in [0.05, 0.1) is 11.6 Å². The third kappa shape index (κ3) is 6.85. The molecule has 0 unspecified atom stereocenters. The van der Waals surface area contributed by atoms with Crippen LogP contribution in [0.1, 0.15) is 17.5 Å². The van der Waals surface area contributed by atoms with E-state index in [2.05, 4.69) is 16.0 Å². The van der Waals surface area contributed by atoms with Crippen LogP contribution in [0, 0.1) is 0 Å². The Labute approximate surface area is 173 Å². The number of rotatable bonds is 9. The molecule has 0 saturated heterocycles. The normalized spacial score (nSPS) is 13.4. The fraction of sp³-hybridized carbons (Fsp3) is 0.333. The van der Waals surface area contributed by atoms with Crippen molar-refractivity contribution < 1.29 is 22.8 Å². The maximum Gasteiger partial charge on any atom is 0.416 e. The lowest BCUT2D eigenvalue weighted by Crippen LogP contribution is -2.53. The van der Waals surface area contributed by atoms with Crippen molar-refractivity contribution in [2.75, 3.05) is 18.9 Å². The van der Waals surface area contributed by atoms with E-state index in [4.69, 9.17) is 5.73 Å². The molecule has 0 spiro atoms. The van der Waals surface area contributed by atoms with E-state index in [9.17, 15) is 22.8 Å². The zero-order valence-corrected chi connectivity index (χ0v) is 16.5. The molecule has 162 valence electrons. The van der Waals surface area contributed by atoms with E-state index in [1.165, 1.54) is 12.1 Å². The Morgan fingerprint density at radius 2 is 1.70 bits per heavy atom. The van der Waals surface area contributed by atoms with E-state index < -0.39 is 35.6 Å². The Balaban J connectivity index is 2.15. The average molecular weight is 422 g/mol. The van der Waals surface area contributed by atoms with E-state index >= 15 is 0 Å². The summed E-state index contributed by atoms with van der Waals surface area (Å²) in [6, 6.07) is 12.1. The van der Waals surface area contributed by atoms with Gasteiger partial charge in [0, 0.05) is 12.2 Å². The van der Waals surface area contributed by atoms with Gasteiger partial charge in [-0.25, -0.2) is 0 Å². The lowest BCUT2D eigenvalue weighted by Gasteiger charge is -2.22. The first-order valence-electron chi connectivity index (χ1n) is 9.44. The number of anilines is 1. The van der Waals surface area contributed by atoms with Gasteiger partial charge < -0.3 is 21.7 Å². The number of benzene rings is 2. The monoisotopic (exact) mass is 422 g/mol.